The highest BCUT2D eigenvalue weighted by Gasteiger charge is 2.37. The van der Waals surface area contributed by atoms with Crippen LogP contribution in [-0.2, 0) is 6.54 Å². The summed E-state index contributed by atoms with van der Waals surface area (Å²) in [4.78, 5) is 40.8. The van der Waals surface area contributed by atoms with Crippen molar-refractivity contribution in [2.75, 3.05) is 14.2 Å². The van der Waals surface area contributed by atoms with Crippen molar-refractivity contribution in [1.29, 1.82) is 0 Å². The van der Waals surface area contributed by atoms with Crippen molar-refractivity contribution in [2.45, 2.75) is 32.4 Å². The number of hydrogen-bond acceptors (Lipinski definition) is 4. The van der Waals surface area contributed by atoms with Crippen LogP contribution in [0.15, 0.2) is 42.5 Å². The van der Waals surface area contributed by atoms with Crippen LogP contribution in [-0.4, -0.2) is 47.7 Å². The van der Waals surface area contributed by atoms with Gasteiger partial charge in [0.15, 0.2) is 0 Å². The van der Waals surface area contributed by atoms with Gasteiger partial charge >= 0.3 is 0 Å². The SMILES string of the molecule is COc1ccc(CN(C(=O)c2ccc3c(c2)C(=O)N(C)C3=O)C(C)C2CC2)cc1. The molecule has 0 saturated heterocycles. The lowest BCUT2D eigenvalue weighted by atomic mass is 10.0. The van der Waals surface area contributed by atoms with Gasteiger partial charge in [0.1, 0.15) is 5.75 Å². The lowest BCUT2D eigenvalue weighted by Gasteiger charge is -2.30. The van der Waals surface area contributed by atoms with E-state index in [4.69, 9.17) is 4.74 Å². The number of rotatable bonds is 6. The van der Waals surface area contributed by atoms with Gasteiger partial charge in [0.25, 0.3) is 17.7 Å². The lowest BCUT2D eigenvalue weighted by Crippen LogP contribution is -2.39. The maximum Gasteiger partial charge on any atom is 0.261 e. The highest BCUT2D eigenvalue weighted by molar-refractivity contribution is 6.21. The first-order valence-electron chi connectivity index (χ1n) is 9.81. The van der Waals surface area contributed by atoms with Gasteiger partial charge < -0.3 is 9.64 Å². The highest BCUT2D eigenvalue weighted by atomic mass is 16.5. The number of hydrogen-bond donors (Lipinski definition) is 0. The van der Waals surface area contributed by atoms with Crippen LogP contribution in [0.3, 0.4) is 0 Å². The van der Waals surface area contributed by atoms with Gasteiger partial charge in [0.05, 0.1) is 18.2 Å². The van der Waals surface area contributed by atoms with E-state index < -0.39 is 0 Å². The second-order valence-corrected chi connectivity index (χ2v) is 7.79. The van der Waals surface area contributed by atoms with Crippen LogP contribution in [0, 0.1) is 5.92 Å². The summed E-state index contributed by atoms with van der Waals surface area (Å²) in [6.07, 6.45) is 2.24. The van der Waals surface area contributed by atoms with Crippen molar-refractivity contribution in [3.63, 3.8) is 0 Å². The van der Waals surface area contributed by atoms with Gasteiger partial charge in [-0.15, -0.1) is 0 Å². The summed E-state index contributed by atoms with van der Waals surface area (Å²) in [5.74, 6) is 0.452. The summed E-state index contributed by atoms with van der Waals surface area (Å²) in [6.45, 7) is 2.55. The molecule has 29 heavy (non-hydrogen) atoms. The van der Waals surface area contributed by atoms with E-state index >= 15 is 0 Å². The molecule has 0 aromatic heterocycles. The molecule has 4 rings (SSSR count). The van der Waals surface area contributed by atoms with Crippen LogP contribution < -0.4 is 4.74 Å². The Morgan fingerprint density at radius 2 is 1.76 bits per heavy atom. The number of methoxy groups -OCH3 is 1. The zero-order valence-corrected chi connectivity index (χ0v) is 16.8. The molecule has 3 amide bonds. The van der Waals surface area contributed by atoms with Crippen molar-refractivity contribution in [3.8, 4) is 5.75 Å². The van der Waals surface area contributed by atoms with E-state index in [2.05, 4.69) is 6.92 Å². The van der Waals surface area contributed by atoms with Crippen molar-refractivity contribution in [1.82, 2.24) is 9.80 Å². The Morgan fingerprint density at radius 3 is 2.38 bits per heavy atom. The fraction of sp³-hybridized carbons (Fsp3) is 0.348. The van der Waals surface area contributed by atoms with E-state index in [1.165, 1.54) is 7.05 Å². The average Bonchev–Trinajstić information content (AvgIpc) is 3.57. The Balaban J connectivity index is 1.63. The van der Waals surface area contributed by atoms with Gasteiger partial charge in [-0.05, 0) is 61.6 Å². The van der Waals surface area contributed by atoms with Crippen molar-refractivity contribution >= 4 is 17.7 Å². The monoisotopic (exact) mass is 392 g/mol. The largest absolute Gasteiger partial charge is 0.497 e. The van der Waals surface area contributed by atoms with Gasteiger partial charge in [-0.3, -0.25) is 19.3 Å². The molecular formula is C23H24N2O4. The molecule has 6 heteroatoms. The quantitative estimate of drug-likeness (QED) is 0.707. The molecule has 0 radical (unpaired) electrons. The van der Waals surface area contributed by atoms with Crippen molar-refractivity contribution in [2.24, 2.45) is 5.92 Å². The van der Waals surface area contributed by atoms with E-state index in [0.717, 1.165) is 29.1 Å². The normalized spacial score (nSPS) is 16.6. The van der Waals surface area contributed by atoms with Gasteiger partial charge in [0, 0.05) is 25.2 Å². The maximum atomic E-state index is 13.4. The Hall–Kier alpha value is -3.15. The summed E-state index contributed by atoms with van der Waals surface area (Å²) < 4.78 is 5.21. The summed E-state index contributed by atoms with van der Waals surface area (Å²) in [5.41, 5.74) is 2.10. The van der Waals surface area contributed by atoms with E-state index in [0.29, 0.717) is 29.2 Å². The minimum absolute atomic E-state index is 0.0952. The summed E-state index contributed by atoms with van der Waals surface area (Å²) in [5, 5.41) is 0. The van der Waals surface area contributed by atoms with E-state index in [-0.39, 0.29) is 23.8 Å². The first kappa shape index (κ1) is 19.2. The van der Waals surface area contributed by atoms with Crippen LogP contribution in [0.1, 0.15) is 56.4 Å². The zero-order chi connectivity index (χ0) is 20.7. The number of ether oxygens (including phenoxy) is 1. The maximum absolute atomic E-state index is 13.4. The molecule has 2 aromatic rings. The van der Waals surface area contributed by atoms with Gasteiger partial charge in [-0.2, -0.15) is 0 Å². The number of carbonyl (C=O) groups is 3. The zero-order valence-electron chi connectivity index (χ0n) is 16.8. The summed E-state index contributed by atoms with van der Waals surface area (Å²) in [6, 6.07) is 12.6. The summed E-state index contributed by atoms with van der Waals surface area (Å²) >= 11 is 0. The minimum atomic E-state index is -0.364. The molecule has 0 spiro atoms. The second kappa shape index (κ2) is 7.35. The van der Waals surface area contributed by atoms with Crippen LogP contribution in [0.4, 0.5) is 0 Å². The third kappa shape index (κ3) is 3.50. The van der Waals surface area contributed by atoms with Crippen LogP contribution in [0.5, 0.6) is 5.75 Å². The standard InChI is InChI=1S/C23H24N2O4/c1-14(16-6-7-16)25(13-15-4-9-18(29-3)10-5-15)21(26)17-8-11-19-20(12-17)23(28)24(2)22(19)27/h4-5,8-12,14,16H,6-7,13H2,1-3H3. The van der Waals surface area contributed by atoms with Crippen LogP contribution in [0.2, 0.25) is 0 Å². The number of amides is 3. The molecule has 2 aliphatic rings. The second-order valence-electron chi connectivity index (χ2n) is 7.79. The molecule has 150 valence electrons. The molecule has 1 aliphatic heterocycles. The van der Waals surface area contributed by atoms with E-state index in [1.54, 1.807) is 25.3 Å². The fourth-order valence-corrected chi connectivity index (χ4v) is 3.82. The van der Waals surface area contributed by atoms with E-state index in [1.807, 2.05) is 29.2 Å². The molecule has 1 unspecified atom stereocenters. The first-order valence-corrected chi connectivity index (χ1v) is 9.81. The summed E-state index contributed by atoms with van der Waals surface area (Å²) in [7, 11) is 3.08. The van der Waals surface area contributed by atoms with Crippen LogP contribution >= 0.6 is 0 Å². The van der Waals surface area contributed by atoms with Crippen LogP contribution in [0.25, 0.3) is 0 Å². The Morgan fingerprint density at radius 1 is 1.10 bits per heavy atom. The molecule has 1 atom stereocenters. The third-order valence-corrected chi connectivity index (χ3v) is 5.91. The Kier molecular flexibility index (Phi) is 4.86. The molecule has 6 nitrogen and oxygen atoms in total. The first-order chi connectivity index (χ1) is 13.9. The van der Waals surface area contributed by atoms with Gasteiger partial charge in [-0.1, -0.05) is 12.1 Å². The Labute approximate surface area is 170 Å². The average molecular weight is 392 g/mol. The highest BCUT2D eigenvalue weighted by Crippen LogP contribution is 2.36. The molecule has 1 heterocycles. The molecular weight excluding hydrogens is 368 g/mol. The predicted octanol–water partition coefficient (Wildman–Crippen LogP) is 3.36. The number of fused-ring (bicyclic) bond motifs is 1. The fourth-order valence-electron chi connectivity index (χ4n) is 3.82. The minimum Gasteiger partial charge on any atom is -0.497 e. The number of nitrogens with zero attached hydrogens (tertiary/aromatic N) is 2. The molecule has 0 bridgehead atoms. The molecule has 1 aliphatic carbocycles. The van der Waals surface area contributed by atoms with Crippen molar-refractivity contribution in [3.05, 3.63) is 64.7 Å². The number of carbonyl (C=O) groups excluding carboxylic acids is 3. The smallest absolute Gasteiger partial charge is 0.261 e. The van der Waals surface area contributed by atoms with E-state index in [9.17, 15) is 14.4 Å². The molecule has 2 aromatic carbocycles. The number of imide groups is 1. The van der Waals surface area contributed by atoms with Gasteiger partial charge in [-0.25, -0.2) is 0 Å². The number of benzene rings is 2. The van der Waals surface area contributed by atoms with Crippen molar-refractivity contribution < 1.29 is 19.1 Å². The molecule has 1 saturated carbocycles. The topological polar surface area (TPSA) is 66.9 Å². The third-order valence-electron chi connectivity index (χ3n) is 5.91. The van der Waals surface area contributed by atoms with Gasteiger partial charge in [0.2, 0.25) is 0 Å². The predicted molar refractivity (Wildman–Crippen MR) is 108 cm³/mol. The lowest BCUT2D eigenvalue weighted by molar-refractivity contribution is 0.0653. The molecule has 0 N–H and O–H groups in total. The molecule has 1 fully saturated rings. The Bertz CT molecular complexity index is 979.